The molecule has 8 nitrogen and oxygen atoms in total. The van der Waals surface area contributed by atoms with Crippen LogP contribution >= 0.6 is 7.82 Å². The van der Waals surface area contributed by atoms with Gasteiger partial charge in [-0.3, -0.25) is 9.36 Å². The van der Waals surface area contributed by atoms with Crippen LogP contribution in [-0.2, 0) is 18.4 Å². The molecule has 0 bridgehead atoms. The highest BCUT2D eigenvalue weighted by molar-refractivity contribution is 7.45. The molecule has 0 radical (unpaired) electrons. The van der Waals surface area contributed by atoms with Gasteiger partial charge in [-0.25, -0.2) is 0 Å². The third-order valence-corrected chi connectivity index (χ3v) is 11.0. The second-order valence-corrected chi connectivity index (χ2v) is 18.2. The lowest BCUT2D eigenvalue weighted by atomic mass is 10.0. The van der Waals surface area contributed by atoms with E-state index in [1.54, 1.807) is 6.08 Å². The van der Waals surface area contributed by atoms with Gasteiger partial charge in [-0.2, -0.15) is 0 Å². The molecule has 2 N–H and O–H groups in total. The van der Waals surface area contributed by atoms with Gasteiger partial charge in [-0.15, -0.1) is 0 Å². The fraction of sp³-hybridized carbons (Fsp3) is 0.848. The first kappa shape index (κ1) is 53.7. The normalized spacial score (nSPS) is 14.7. The number of nitrogens with zero attached hydrogens (tertiary/aromatic N) is 1. The summed E-state index contributed by atoms with van der Waals surface area (Å²) in [6.07, 6.45) is 46.4. The molecule has 0 spiro atoms. The second kappa shape index (κ2) is 38.2. The topological polar surface area (TPSA) is 108 Å². The van der Waals surface area contributed by atoms with Crippen LogP contribution in [-0.4, -0.2) is 68.5 Å². The number of unbranched alkanes of at least 4 members (excludes halogenated alkanes) is 24. The lowest BCUT2D eigenvalue weighted by molar-refractivity contribution is -0.870. The van der Waals surface area contributed by atoms with Crippen LogP contribution in [0.15, 0.2) is 36.5 Å². The molecule has 1 amide bonds. The van der Waals surface area contributed by atoms with Crippen molar-refractivity contribution >= 4 is 13.7 Å². The van der Waals surface area contributed by atoms with Crippen molar-refractivity contribution in [3.8, 4) is 0 Å². The fourth-order valence-corrected chi connectivity index (χ4v) is 7.14. The average Bonchev–Trinajstić information content (AvgIpc) is 3.13. The van der Waals surface area contributed by atoms with Crippen molar-refractivity contribution in [2.75, 3.05) is 40.9 Å². The number of allylic oxidation sites excluding steroid dienone is 5. The highest BCUT2D eigenvalue weighted by atomic mass is 31.2. The van der Waals surface area contributed by atoms with Gasteiger partial charge in [-0.1, -0.05) is 185 Å². The van der Waals surface area contributed by atoms with Gasteiger partial charge < -0.3 is 28.8 Å². The molecule has 0 aromatic rings. The predicted molar refractivity (Wildman–Crippen MR) is 233 cm³/mol. The van der Waals surface area contributed by atoms with Gasteiger partial charge in [0.15, 0.2) is 0 Å². The van der Waals surface area contributed by atoms with E-state index in [1.807, 2.05) is 27.2 Å². The molecule has 0 aliphatic carbocycles. The van der Waals surface area contributed by atoms with Crippen LogP contribution in [0.1, 0.15) is 200 Å². The average molecular weight is 797 g/mol. The zero-order valence-corrected chi connectivity index (χ0v) is 37.5. The fourth-order valence-electron chi connectivity index (χ4n) is 6.42. The van der Waals surface area contributed by atoms with Gasteiger partial charge in [0.05, 0.1) is 39.9 Å². The number of hydrogen-bond acceptors (Lipinski definition) is 6. The highest BCUT2D eigenvalue weighted by Gasteiger charge is 2.23. The molecule has 0 saturated heterocycles. The van der Waals surface area contributed by atoms with Gasteiger partial charge >= 0.3 is 0 Å². The number of carbonyl (C=O) groups excluding carboxylic acids is 1. The van der Waals surface area contributed by atoms with E-state index in [1.165, 1.54) is 135 Å². The summed E-state index contributed by atoms with van der Waals surface area (Å²) < 4.78 is 23.1. The Balaban J connectivity index is 4.38. The molecule has 9 heteroatoms. The van der Waals surface area contributed by atoms with E-state index >= 15 is 0 Å². The van der Waals surface area contributed by atoms with Crippen molar-refractivity contribution in [1.29, 1.82) is 0 Å². The van der Waals surface area contributed by atoms with Gasteiger partial charge in [-0.05, 0) is 44.9 Å². The van der Waals surface area contributed by atoms with E-state index in [4.69, 9.17) is 9.05 Å². The third-order valence-electron chi connectivity index (χ3n) is 10.1. The first-order chi connectivity index (χ1) is 26.5. The molecule has 324 valence electrons. The number of aliphatic hydroxyl groups excluding tert-OH is 1. The SMILES string of the molecule is CCCCCCCCCCCCCCC/C=C/CC/C=C/CC/C=C/C(O)C(COP(=O)([O-])OCC[N+](C)(C)C)NC(=O)CCCCCCCCCCCC. The molecule has 3 atom stereocenters. The summed E-state index contributed by atoms with van der Waals surface area (Å²) in [5.74, 6) is -0.214. The van der Waals surface area contributed by atoms with Crippen LogP contribution in [0.4, 0.5) is 0 Å². The minimum absolute atomic E-state index is 0.00812. The molecule has 0 aromatic heterocycles. The number of amides is 1. The maximum atomic E-state index is 12.8. The Hall–Kier alpha value is -1.28. The number of phosphoric ester groups is 1. The summed E-state index contributed by atoms with van der Waals surface area (Å²) in [4.78, 5) is 25.2. The summed E-state index contributed by atoms with van der Waals surface area (Å²) in [7, 11) is 1.24. The van der Waals surface area contributed by atoms with Gasteiger partial charge in [0.2, 0.25) is 5.91 Å². The summed E-state index contributed by atoms with van der Waals surface area (Å²) in [6.45, 7) is 4.60. The van der Waals surface area contributed by atoms with Gasteiger partial charge in [0.1, 0.15) is 13.2 Å². The van der Waals surface area contributed by atoms with E-state index in [0.29, 0.717) is 17.4 Å². The molecule has 3 unspecified atom stereocenters. The maximum absolute atomic E-state index is 12.8. The number of carbonyl (C=O) groups is 1. The molecule has 0 aliphatic rings. The molecular formula is C46H89N2O6P. The van der Waals surface area contributed by atoms with Crippen LogP contribution in [0.2, 0.25) is 0 Å². The monoisotopic (exact) mass is 797 g/mol. The van der Waals surface area contributed by atoms with Crippen molar-refractivity contribution in [3.05, 3.63) is 36.5 Å². The molecular weight excluding hydrogens is 707 g/mol. The number of nitrogens with one attached hydrogen (secondary N) is 1. The van der Waals surface area contributed by atoms with Crippen molar-refractivity contribution in [1.82, 2.24) is 5.32 Å². The minimum atomic E-state index is -4.59. The minimum Gasteiger partial charge on any atom is -0.756 e. The van der Waals surface area contributed by atoms with Crippen LogP contribution < -0.4 is 10.2 Å². The maximum Gasteiger partial charge on any atom is 0.268 e. The lowest BCUT2D eigenvalue weighted by Gasteiger charge is -2.29. The number of aliphatic hydroxyl groups is 1. The zero-order valence-electron chi connectivity index (χ0n) is 36.6. The lowest BCUT2D eigenvalue weighted by Crippen LogP contribution is -2.45. The summed E-state index contributed by atoms with van der Waals surface area (Å²) in [5.41, 5.74) is 0. The molecule has 0 fully saturated rings. The summed E-state index contributed by atoms with van der Waals surface area (Å²) >= 11 is 0. The van der Waals surface area contributed by atoms with Gasteiger partial charge in [0, 0.05) is 6.42 Å². The van der Waals surface area contributed by atoms with E-state index < -0.39 is 26.6 Å². The Labute approximate surface area is 340 Å². The number of likely N-dealkylation sites (N-methyl/N-ethyl adjacent to an activating group) is 1. The van der Waals surface area contributed by atoms with E-state index in [2.05, 4.69) is 43.5 Å². The standard InChI is InChI=1S/C46H89N2O6P/c1-6-8-10-12-14-16-18-19-20-21-22-23-24-25-26-27-28-29-30-31-33-35-37-39-45(49)44(43-54-55(51,52)53-42-41-48(3,4)5)47-46(50)40-38-36-34-32-17-15-13-11-9-7-2/h26-27,30-31,37,39,44-45,49H,6-25,28-29,32-36,38,40-43H2,1-5H3,(H-,47,50,51,52)/b27-26+,31-30+,39-37+. The highest BCUT2D eigenvalue weighted by Crippen LogP contribution is 2.38. The van der Waals surface area contributed by atoms with Crippen LogP contribution in [0.5, 0.6) is 0 Å². The largest absolute Gasteiger partial charge is 0.756 e. The molecule has 55 heavy (non-hydrogen) atoms. The van der Waals surface area contributed by atoms with Crippen molar-refractivity contribution < 1.29 is 32.9 Å². The van der Waals surface area contributed by atoms with Crippen molar-refractivity contribution in [2.45, 2.75) is 212 Å². The molecule has 0 saturated carbocycles. The Kier molecular flexibility index (Phi) is 37.4. The molecule has 0 aromatic carbocycles. The predicted octanol–water partition coefficient (Wildman–Crippen LogP) is 12.1. The quantitative estimate of drug-likeness (QED) is 0.0276. The number of quaternary nitrogens is 1. The first-order valence-electron chi connectivity index (χ1n) is 22.9. The first-order valence-corrected chi connectivity index (χ1v) is 24.3. The zero-order chi connectivity index (χ0) is 40.7. The molecule has 0 aliphatic heterocycles. The number of rotatable bonds is 41. The molecule has 0 rings (SSSR count). The summed E-state index contributed by atoms with van der Waals surface area (Å²) in [5, 5.41) is 13.7. The Bertz CT molecular complexity index is 995. The van der Waals surface area contributed by atoms with Crippen LogP contribution in [0.3, 0.4) is 0 Å². The van der Waals surface area contributed by atoms with Crippen molar-refractivity contribution in [2.24, 2.45) is 0 Å². The number of phosphoric acid groups is 1. The Morgan fingerprint density at radius 2 is 1.02 bits per heavy atom. The van der Waals surface area contributed by atoms with E-state index in [9.17, 15) is 19.4 Å². The van der Waals surface area contributed by atoms with E-state index in [0.717, 1.165) is 44.9 Å². The summed E-state index contributed by atoms with van der Waals surface area (Å²) in [6, 6.07) is -0.904. The smallest absolute Gasteiger partial charge is 0.268 e. The Morgan fingerprint density at radius 3 is 1.47 bits per heavy atom. The Morgan fingerprint density at radius 1 is 0.618 bits per heavy atom. The number of hydrogen-bond donors (Lipinski definition) is 2. The molecule has 0 heterocycles. The van der Waals surface area contributed by atoms with Crippen LogP contribution in [0.25, 0.3) is 0 Å². The van der Waals surface area contributed by atoms with E-state index in [-0.39, 0.29) is 12.5 Å². The van der Waals surface area contributed by atoms with Gasteiger partial charge in [0.25, 0.3) is 7.82 Å². The third kappa shape index (κ3) is 40.7. The van der Waals surface area contributed by atoms with Crippen LogP contribution in [0, 0.1) is 0 Å². The second-order valence-electron chi connectivity index (χ2n) is 16.7. The van der Waals surface area contributed by atoms with Crippen molar-refractivity contribution in [3.63, 3.8) is 0 Å².